The van der Waals surface area contributed by atoms with Crippen LogP contribution in [-0.4, -0.2) is 9.97 Å². The number of aromatic nitrogens is 2. The third-order valence-electron chi connectivity index (χ3n) is 3.92. The minimum absolute atomic E-state index is 0.430. The average molecular weight is 406 g/mol. The third-order valence-corrected chi connectivity index (χ3v) is 4.94. The van der Waals surface area contributed by atoms with Crippen molar-refractivity contribution in [1.29, 1.82) is 0 Å². The molecule has 5 heteroatoms. The Hall–Kier alpha value is -1.55. The maximum atomic E-state index is 6.15. The molecule has 0 aliphatic rings. The molecule has 0 spiro atoms. The summed E-state index contributed by atoms with van der Waals surface area (Å²) in [6.45, 7) is 0. The molecule has 0 radical (unpaired) electrons. The Kier molecular flexibility index (Phi) is 3.80. The number of aromatic amines is 1. The Bertz CT molecular complexity index is 1040. The van der Waals surface area contributed by atoms with Gasteiger partial charge in [-0.25, -0.2) is 4.98 Å². The van der Waals surface area contributed by atoms with Crippen LogP contribution >= 0.6 is 39.1 Å². The molecule has 0 aliphatic carbocycles. The number of H-pyrrole nitrogens is 1. The number of nitrogens with one attached hydrogen (secondary N) is 1. The smallest absolute Gasteiger partial charge is 0.0734 e. The summed E-state index contributed by atoms with van der Waals surface area (Å²) in [4.78, 5) is 8.08. The van der Waals surface area contributed by atoms with E-state index in [9.17, 15) is 0 Å². The first-order valence-corrected chi connectivity index (χ1v) is 8.78. The molecule has 0 fully saturated rings. The van der Waals surface area contributed by atoms with E-state index in [-0.39, 0.29) is 0 Å². The summed E-state index contributed by atoms with van der Waals surface area (Å²) in [5.41, 5.74) is 4.92. The Morgan fingerprint density at radius 1 is 1.04 bits per heavy atom. The third kappa shape index (κ3) is 2.63. The highest BCUT2D eigenvalue weighted by Gasteiger charge is 2.12. The summed E-state index contributed by atoms with van der Waals surface area (Å²) >= 11 is 15.8. The van der Waals surface area contributed by atoms with Crippen LogP contribution in [0.2, 0.25) is 5.02 Å². The van der Waals surface area contributed by atoms with Crippen LogP contribution in [0.25, 0.3) is 33.1 Å². The molecule has 0 amide bonds. The van der Waals surface area contributed by atoms with E-state index in [0.717, 1.165) is 43.1 Å². The van der Waals surface area contributed by atoms with Gasteiger partial charge in [-0.3, -0.25) is 0 Å². The molecule has 2 heterocycles. The van der Waals surface area contributed by atoms with Crippen LogP contribution in [0.15, 0.2) is 53.1 Å². The molecule has 0 aliphatic heterocycles. The molecule has 2 aromatic heterocycles. The van der Waals surface area contributed by atoms with E-state index in [1.807, 2.05) is 42.6 Å². The Labute approximate surface area is 151 Å². The van der Waals surface area contributed by atoms with Crippen LogP contribution in [-0.2, 0) is 5.88 Å². The van der Waals surface area contributed by atoms with Gasteiger partial charge < -0.3 is 4.98 Å². The molecule has 114 valence electrons. The summed E-state index contributed by atoms with van der Waals surface area (Å²) in [6.07, 6.45) is 1.98. The highest BCUT2D eigenvalue weighted by atomic mass is 79.9. The van der Waals surface area contributed by atoms with Crippen molar-refractivity contribution in [3.63, 3.8) is 0 Å². The van der Waals surface area contributed by atoms with Crippen molar-refractivity contribution in [1.82, 2.24) is 9.97 Å². The largest absolute Gasteiger partial charge is 0.360 e. The average Bonchev–Trinajstić information content (AvgIpc) is 2.96. The van der Waals surface area contributed by atoms with E-state index < -0.39 is 0 Å². The minimum atomic E-state index is 0.430. The molecule has 0 saturated heterocycles. The lowest BCUT2D eigenvalue weighted by Crippen LogP contribution is -1.90. The number of hydrogen-bond acceptors (Lipinski definition) is 1. The molecule has 0 saturated carbocycles. The van der Waals surface area contributed by atoms with Gasteiger partial charge >= 0.3 is 0 Å². The molecule has 4 rings (SSSR count). The lowest BCUT2D eigenvalue weighted by molar-refractivity contribution is 1.34. The topological polar surface area (TPSA) is 28.7 Å². The number of fused-ring (bicyclic) bond motifs is 2. The normalized spacial score (nSPS) is 11.4. The van der Waals surface area contributed by atoms with E-state index in [1.54, 1.807) is 0 Å². The molecule has 0 bridgehead atoms. The monoisotopic (exact) mass is 404 g/mol. The molecule has 4 aromatic rings. The molecule has 2 aromatic carbocycles. The molecule has 23 heavy (non-hydrogen) atoms. The van der Waals surface area contributed by atoms with Crippen LogP contribution in [0.4, 0.5) is 0 Å². The molecular formula is C18H11BrCl2N2. The van der Waals surface area contributed by atoms with E-state index in [4.69, 9.17) is 28.2 Å². The summed E-state index contributed by atoms with van der Waals surface area (Å²) in [6, 6.07) is 13.9. The Morgan fingerprint density at radius 2 is 1.91 bits per heavy atom. The molecular weight excluding hydrogens is 395 g/mol. The van der Waals surface area contributed by atoms with Crippen LogP contribution < -0.4 is 0 Å². The standard InChI is InChI=1S/C18H11BrCl2N2/c19-11-1-4-16-14(6-11)15(9-22-16)17-5-10(8-20)13-3-2-12(21)7-18(13)23-17/h1-7,9,22H,8H2. The molecule has 1 N–H and O–H groups in total. The number of alkyl halides is 1. The first-order chi connectivity index (χ1) is 11.2. The van der Waals surface area contributed by atoms with Gasteiger partial charge in [0.1, 0.15) is 0 Å². The van der Waals surface area contributed by atoms with Gasteiger partial charge in [-0.05, 0) is 42.0 Å². The van der Waals surface area contributed by atoms with Gasteiger partial charge in [0, 0.05) is 43.4 Å². The first-order valence-electron chi connectivity index (χ1n) is 7.08. The van der Waals surface area contributed by atoms with Crippen molar-refractivity contribution in [2.75, 3.05) is 0 Å². The van der Waals surface area contributed by atoms with Crippen LogP contribution in [0.5, 0.6) is 0 Å². The zero-order valence-electron chi connectivity index (χ0n) is 11.9. The van der Waals surface area contributed by atoms with Crippen molar-refractivity contribution in [3.05, 3.63) is 63.7 Å². The quantitative estimate of drug-likeness (QED) is 0.377. The fourth-order valence-electron chi connectivity index (χ4n) is 2.83. The Balaban J connectivity index is 2.02. The van der Waals surface area contributed by atoms with Crippen molar-refractivity contribution in [3.8, 4) is 11.3 Å². The number of halogens is 3. The van der Waals surface area contributed by atoms with Gasteiger partial charge in [0.25, 0.3) is 0 Å². The molecule has 0 atom stereocenters. The highest BCUT2D eigenvalue weighted by molar-refractivity contribution is 9.10. The zero-order chi connectivity index (χ0) is 16.0. The van der Waals surface area contributed by atoms with Crippen molar-refractivity contribution >= 4 is 60.9 Å². The number of rotatable bonds is 2. The summed E-state index contributed by atoms with van der Waals surface area (Å²) in [7, 11) is 0. The number of benzene rings is 2. The lowest BCUT2D eigenvalue weighted by Gasteiger charge is -2.08. The second-order valence-corrected chi connectivity index (χ2v) is 6.97. The fourth-order valence-corrected chi connectivity index (χ4v) is 3.58. The van der Waals surface area contributed by atoms with Crippen LogP contribution in [0, 0.1) is 0 Å². The van der Waals surface area contributed by atoms with Gasteiger partial charge in [0.15, 0.2) is 0 Å². The van der Waals surface area contributed by atoms with Gasteiger partial charge in [-0.1, -0.05) is 33.6 Å². The predicted molar refractivity (Wildman–Crippen MR) is 101 cm³/mol. The van der Waals surface area contributed by atoms with Crippen LogP contribution in [0.3, 0.4) is 0 Å². The SMILES string of the molecule is ClCc1cc(-c2c[nH]c3ccc(Br)cc23)nc2cc(Cl)ccc12. The van der Waals surface area contributed by atoms with Gasteiger partial charge in [0.2, 0.25) is 0 Å². The second-order valence-electron chi connectivity index (χ2n) is 5.35. The maximum absolute atomic E-state index is 6.15. The Morgan fingerprint density at radius 3 is 2.74 bits per heavy atom. The fraction of sp³-hybridized carbons (Fsp3) is 0.0556. The van der Waals surface area contributed by atoms with E-state index >= 15 is 0 Å². The highest BCUT2D eigenvalue weighted by Crippen LogP contribution is 2.33. The van der Waals surface area contributed by atoms with Crippen molar-refractivity contribution in [2.45, 2.75) is 5.88 Å². The van der Waals surface area contributed by atoms with E-state index in [0.29, 0.717) is 10.9 Å². The van der Waals surface area contributed by atoms with E-state index in [2.05, 4.69) is 27.0 Å². The summed E-state index contributed by atoms with van der Waals surface area (Å²) in [5, 5.41) is 2.83. The molecule has 0 unspecified atom stereocenters. The number of pyridine rings is 1. The second kappa shape index (κ2) is 5.82. The van der Waals surface area contributed by atoms with Gasteiger partial charge in [-0.15, -0.1) is 11.6 Å². The zero-order valence-corrected chi connectivity index (χ0v) is 15.0. The summed E-state index contributed by atoms with van der Waals surface area (Å²) in [5.74, 6) is 0.430. The van der Waals surface area contributed by atoms with Crippen molar-refractivity contribution in [2.24, 2.45) is 0 Å². The lowest BCUT2D eigenvalue weighted by atomic mass is 10.0. The maximum Gasteiger partial charge on any atom is 0.0734 e. The molecule has 2 nitrogen and oxygen atoms in total. The predicted octanol–water partition coefficient (Wildman–Crippen LogP) is 6.54. The number of nitrogens with zero attached hydrogens (tertiary/aromatic N) is 1. The van der Waals surface area contributed by atoms with E-state index in [1.165, 1.54) is 0 Å². The first kappa shape index (κ1) is 15.0. The summed E-state index contributed by atoms with van der Waals surface area (Å²) < 4.78 is 1.03. The van der Waals surface area contributed by atoms with Gasteiger partial charge in [-0.2, -0.15) is 0 Å². The van der Waals surface area contributed by atoms with Crippen molar-refractivity contribution < 1.29 is 0 Å². The minimum Gasteiger partial charge on any atom is -0.360 e. The van der Waals surface area contributed by atoms with Gasteiger partial charge in [0.05, 0.1) is 11.2 Å². The van der Waals surface area contributed by atoms with Crippen LogP contribution in [0.1, 0.15) is 5.56 Å². The number of hydrogen-bond donors (Lipinski definition) is 1.